The summed E-state index contributed by atoms with van der Waals surface area (Å²) in [6.07, 6.45) is 2.89. The van der Waals surface area contributed by atoms with Gasteiger partial charge in [0.05, 0.1) is 18.0 Å². The number of benzene rings is 1. The van der Waals surface area contributed by atoms with E-state index in [0.29, 0.717) is 27.9 Å². The molecule has 116 valence electrons. The van der Waals surface area contributed by atoms with E-state index in [-0.39, 0.29) is 5.91 Å². The SMILES string of the molecule is Cc1occc1C(=O)N/N=C/c1ccc(-c2cccc(Cl)c2)o1. The van der Waals surface area contributed by atoms with Gasteiger partial charge in [-0.3, -0.25) is 4.79 Å². The molecule has 6 heteroatoms. The Morgan fingerprint density at radius 1 is 1.26 bits per heavy atom. The zero-order valence-electron chi connectivity index (χ0n) is 12.2. The van der Waals surface area contributed by atoms with Crippen LogP contribution in [0.2, 0.25) is 5.02 Å². The van der Waals surface area contributed by atoms with Gasteiger partial charge in [-0.1, -0.05) is 23.7 Å². The number of carbonyl (C=O) groups excluding carboxylic acids is 1. The van der Waals surface area contributed by atoms with Crippen molar-refractivity contribution in [1.82, 2.24) is 5.43 Å². The maximum Gasteiger partial charge on any atom is 0.274 e. The van der Waals surface area contributed by atoms with E-state index < -0.39 is 0 Å². The van der Waals surface area contributed by atoms with Crippen LogP contribution in [0.1, 0.15) is 21.9 Å². The predicted molar refractivity (Wildman–Crippen MR) is 87.7 cm³/mol. The number of carbonyl (C=O) groups is 1. The first kappa shape index (κ1) is 15.1. The highest BCUT2D eigenvalue weighted by Crippen LogP contribution is 2.24. The number of hydrazone groups is 1. The molecule has 0 saturated carbocycles. The summed E-state index contributed by atoms with van der Waals surface area (Å²) in [5, 5.41) is 4.51. The fraction of sp³-hybridized carbons (Fsp3) is 0.0588. The predicted octanol–water partition coefficient (Wildman–Crippen LogP) is 4.27. The molecule has 0 radical (unpaired) electrons. The molecule has 0 aliphatic rings. The first-order chi connectivity index (χ1) is 11.1. The highest BCUT2D eigenvalue weighted by molar-refractivity contribution is 6.30. The summed E-state index contributed by atoms with van der Waals surface area (Å²) < 4.78 is 10.7. The molecule has 0 atom stereocenters. The molecule has 3 aromatic rings. The lowest BCUT2D eigenvalue weighted by Gasteiger charge is -1.97. The van der Waals surface area contributed by atoms with Gasteiger partial charge < -0.3 is 8.83 Å². The minimum atomic E-state index is -0.339. The van der Waals surface area contributed by atoms with Gasteiger partial charge in [0.25, 0.3) is 5.91 Å². The molecule has 3 rings (SSSR count). The Balaban J connectivity index is 1.67. The van der Waals surface area contributed by atoms with Gasteiger partial charge in [0.15, 0.2) is 0 Å². The molecule has 1 amide bonds. The molecule has 0 fully saturated rings. The van der Waals surface area contributed by atoms with Crippen molar-refractivity contribution in [3.05, 3.63) is 70.8 Å². The molecule has 2 aromatic heterocycles. The van der Waals surface area contributed by atoms with Gasteiger partial charge in [0.1, 0.15) is 17.3 Å². The van der Waals surface area contributed by atoms with Gasteiger partial charge in [-0.25, -0.2) is 5.43 Å². The van der Waals surface area contributed by atoms with Gasteiger partial charge in [-0.05, 0) is 37.3 Å². The average molecular weight is 329 g/mol. The van der Waals surface area contributed by atoms with Gasteiger partial charge >= 0.3 is 0 Å². The van der Waals surface area contributed by atoms with Crippen molar-refractivity contribution in [2.24, 2.45) is 5.10 Å². The standard InChI is InChI=1S/C17H13ClN2O3/c1-11-15(7-8-22-11)17(21)20-19-10-14-5-6-16(23-14)12-3-2-4-13(18)9-12/h2-10H,1H3,(H,20,21)/b19-10+. The van der Waals surface area contributed by atoms with E-state index in [9.17, 15) is 4.79 Å². The van der Waals surface area contributed by atoms with E-state index >= 15 is 0 Å². The average Bonchev–Trinajstić information content (AvgIpc) is 3.16. The van der Waals surface area contributed by atoms with Crippen molar-refractivity contribution in [1.29, 1.82) is 0 Å². The van der Waals surface area contributed by atoms with Crippen molar-refractivity contribution >= 4 is 23.7 Å². The molecule has 0 unspecified atom stereocenters. The molecule has 2 heterocycles. The normalized spacial score (nSPS) is 11.0. The molecule has 0 saturated heterocycles. The van der Waals surface area contributed by atoms with Crippen LogP contribution < -0.4 is 5.43 Å². The molecule has 5 nitrogen and oxygen atoms in total. The fourth-order valence-electron chi connectivity index (χ4n) is 2.05. The minimum absolute atomic E-state index is 0.339. The third-order valence-corrected chi connectivity index (χ3v) is 3.43. The number of halogens is 1. The molecule has 0 bridgehead atoms. The Kier molecular flexibility index (Phi) is 4.30. The Morgan fingerprint density at radius 3 is 2.87 bits per heavy atom. The maximum atomic E-state index is 11.9. The first-order valence-electron chi connectivity index (χ1n) is 6.87. The number of nitrogens with one attached hydrogen (secondary N) is 1. The highest BCUT2D eigenvalue weighted by atomic mass is 35.5. The second kappa shape index (κ2) is 6.54. The van der Waals surface area contributed by atoms with E-state index in [0.717, 1.165) is 5.56 Å². The van der Waals surface area contributed by atoms with Crippen LogP contribution in [0.15, 0.2) is 62.7 Å². The maximum absolute atomic E-state index is 11.9. The fourth-order valence-corrected chi connectivity index (χ4v) is 2.24. The van der Waals surface area contributed by atoms with Crippen molar-refractivity contribution < 1.29 is 13.6 Å². The summed E-state index contributed by atoms with van der Waals surface area (Å²) in [6, 6.07) is 12.5. The molecule has 1 aromatic carbocycles. The Bertz CT molecular complexity index is 864. The summed E-state index contributed by atoms with van der Waals surface area (Å²) >= 11 is 5.96. The number of amides is 1. The summed E-state index contributed by atoms with van der Waals surface area (Å²) in [7, 11) is 0. The largest absolute Gasteiger partial charge is 0.469 e. The molecule has 23 heavy (non-hydrogen) atoms. The minimum Gasteiger partial charge on any atom is -0.469 e. The number of furan rings is 2. The monoisotopic (exact) mass is 328 g/mol. The van der Waals surface area contributed by atoms with Crippen molar-refractivity contribution in [2.75, 3.05) is 0 Å². The van der Waals surface area contributed by atoms with Gasteiger partial charge in [0, 0.05) is 10.6 Å². The topological polar surface area (TPSA) is 67.7 Å². The van der Waals surface area contributed by atoms with Crippen molar-refractivity contribution in [2.45, 2.75) is 6.92 Å². The van der Waals surface area contributed by atoms with Crippen LogP contribution in [-0.4, -0.2) is 12.1 Å². The van der Waals surface area contributed by atoms with E-state index in [1.807, 2.05) is 24.3 Å². The van der Waals surface area contributed by atoms with Crippen LogP contribution in [0.4, 0.5) is 0 Å². The third kappa shape index (κ3) is 3.52. The lowest BCUT2D eigenvalue weighted by atomic mass is 10.2. The number of hydrogen-bond donors (Lipinski definition) is 1. The van der Waals surface area contributed by atoms with Crippen LogP contribution in [0.25, 0.3) is 11.3 Å². The van der Waals surface area contributed by atoms with Crippen molar-refractivity contribution in [3.8, 4) is 11.3 Å². The van der Waals surface area contributed by atoms with Crippen LogP contribution in [0, 0.1) is 6.92 Å². The molecular formula is C17H13ClN2O3. The van der Waals surface area contributed by atoms with Crippen LogP contribution in [-0.2, 0) is 0 Å². The highest BCUT2D eigenvalue weighted by Gasteiger charge is 2.10. The van der Waals surface area contributed by atoms with Crippen LogP contribution >= 0.6 is 11.6 Å². The zero-order chi connectivity index (χ0) is 16.2. The summed E-state index contributed by atoms with van der Waals surface area (Å²) in [5.41, 5.74) is 3.74. The number of hydrogen-bond acceptors (Lipinski definition) is 4. The Morgan fingerprint density at radius 2 is 2.13 bits per heavy atom. The Hall–Kier alpha value is -2.79. The van der Waals surface area contributed by atoms with E-state index in [2.05, 4.69) is 10.5 Å². The molecule has 1 N–H and O–H groups in total. The third-order valence-electron chi connectivity index (χ3n) is 3.20. The lowest BCUT2D eigenvalue weighted by molar-refractivity contribution is 0.0953. The summed E-state index contributed by atoms with van der Waals surface area (Å²) in [6.45, 7) is 1.71. The van der Waals surface area contributed by atoms with Crippen molar-refractivity contribution in [3.63, 3.8) is 0 Å². The van der Waals surface area contributed by atoms with E-state index in [1.165, 1.54) is 12.5 Å². The smallest absolute Gasteiger partial charge is 0.274 e. The summed E-state index contributed by atoms with van der Waals surface area (Å²) in [5.74, 6) is 1.39. The van der Waals surface area contributed by atoms with Gasteiger partial charge in [0.2, 0.25) is 0 Å². The second-order valence-electron chi connectivity index (χ2n) is 4.80. The quantitative estimate of drug-likeness (QED) is 0.574. The molecule has 0 aliphatic carbocycles. The number of nitrogens with zero attached hydrogens (tertiary/aromatic N) is 1. The second-order valence-corrected chi connectivity index (χ2v) is 5.24. The lowest BCUT2D eigenvalue weighted by Crippen LogP contribution is -2.17. The number of rotatable bonds is 4. The van der Waals surface area contributed by atoms with E-state index in [1.54, 1.807) is 25.1 Å². The van der Waals surface area contributed by atoms with Crippen LogP contribution in [0.3, 0.4) is 0 Å². The summed E-state index contributed by atoms with van der Waals surface area (Å²) in [4.78, 5) is 11.9. The molecule has 0 aliphatic heterocycles. The van der Waals surface area contributed by atoms with Crippen LogP contribution in [0.5, 0.6) is 0 Å². The molecule has 0 spiro atoms. The van der Waals surface area contributed by atoms with Gasteiger partial charge in [-0.2, -0.15) is 5.10 Å². The Labute approximate surface area is 137 Å². The zero-order valence-corrected chi connectivity index (χ0v) is 13.0. The first-order valence-corrected chi connectivity index (χ1v) is 7.24. The van der Waals surface area contributed by atoms with Gasteiger partial charge in [-0.15, -0.1) is 0 Å². The molecular weight excluding hydrogens is 316 g/mol. The number of aryl methyl sites for hydroxylation is 1. The van der Waals surface area contributed by atoms with E-state index in [4.69, 9.17) is 20.4 Å².